The zero-order valence-corrected chi connectivity index (χ0v) is 13.0. The molecule has 0 bridgehead atoms. The van der Waals surface area contributed by atoms with Gasteiger partial charge in [0.1, 0.15) is 0 Å². The Hall–Kier alpha value is -1.35. The van der Waals surface area contributed by atoms with Crippen molar-refractivity contribution in [2.75, 3.05) is 0 Å². The summed E-state index contributed by atoms with van der Waals surface area (Å²) in [5.41, 5.74) is 2.44. The van der Waals surface area contributed by atoms with Gasteiger partial charge >= 0.3 is 0 Å². The summed E-state index contributed by atoms with van der Waals surface area (Å²) in [5.74, 6) is 0.335. The minimum absolute atomic E-state index is 0.00386. The van der Waals surface area contributed by atoms with Gasteiger partial charge < -0.3 is 10.4 Å². The molecule has 0 aliphatic heterocycles. The molecule has 0 aliphatic rings. The van der Waals surface area contributed by atoms with Crippen LogP contribution in [0, 0.1) is 5.92 Å². The third kappa shape index (κ3) is 5.33. The lowest BCUT2D eigenvalue weighted by Gasteiger charge is -2.23. The summed E-state index contributed by atoms with van der Waals surface area (Å²) in [5, 5.41) is 12.3. The summed E-state index contributed by atoms with van der Waals surface area (Å²) in [4.78, 5) is 11.9. The summed E-state index contributed by atoms with van der Waals surface area (Å²) in [6, 6.07) is 8.46. The quantitative estimate of drug-likeness (QED) is 0.804. The summed E-state index contributed by atoms with van der Waals surface area (Å²) < 4.78 is 0. The number of hydrogen-bond donors (Lipinski definition) is 2. The van der Waals surface area contributed by atoms with Crippen LogP contribution in [0.4, 0.5) is 0 Å². The number of carbonyl (C=O) groups excluding carboxylic acids is 1. The normalized spacial score (nSPS) is 14.1. The SMILES string of the molecule is CCc1ccc(C(NC(=O)CCC(C)O)C(C)C)cc1. The Kier molecular flexibility index (Phi) is 6.73. The first-order valence-electron chi connectivity index (χ1n) is 7.50. The van der Waals surface area contributed by atoms with Crippen LogP contribution in [0.25, 0.3) is 0 Å². The van der Waals surface area contributed by atoms with Crippen LogP contribution in [-0.4, -0.2) is 17.1 Å². The predicted molar refractivity (Wildman–Crippen MR) is 82.5 cm³/mol. The van der Waals surface area contributed by atoms with Crippen molar-refractivity contribution >= 4 is 5.91 Å². The van der Waals surface area contributed by atoms with Crippen molar-refractivity contribution in [3.8, 4) is 0 Å². The Morgan fingerprint density at radius 2 is 1.80 bits per heavy atom. The van der Waals surface area contributed by atoms with E-state index in [4.69, 9.17) is 0 Å². The van der Waals surface area contributed by atoms with Gasteiger partial charge in [-0.3, -0.25) is 4.79 Å². The molecule has 0 aromatic heterocycles. The number of aryl methyl sites for hydroxylation is 1. The van der Waals surface area contributed by atoms with Crippen LogP contribution in [0.1, 0.15) is 57.7 Å². The Morgan fingerprint density at radius 1 is 1.20 bits per heavy atom. The Balaban J connectivity index is 2.70. The Bertz CT molecular complexity index is 410. The Morgan fingerprint density at radius 3 is 2.25 bits per heavy atom. The zero-order chi connectivity index (χ0) is 15.1. The van der Waals surface area contributed by atoms with E-state index < -0.39 is 6.10 Å². The summed E-state index contributed by atoms with van der Waals surface area (Å²) in [7, 11) is 0. The standard InChI is InChI=1S/C17H27NO2/c1-5-14-7-9-15(10-8-14)17(12(2)3)18-16(20)11-6-13(4)19/h7-10,12-13,17,19H,5-6,11H2,1-4H3,(H,18,20). The third-order valence-electron chi connectivity index (χ3n) is 3.52. The number of nitrogens with one attached hydrogen (secondary N) is 1. The highest BCUT2D eigenvalue weighted by Crippen LogP contribution is 2.22. The van der Waals surface area contributed by atoms with Crippen LogP contribution < -0.4 is 5.32 Å². The lowest BCUT2D eigenvalue weighted by molar-refractivity contribution is -0.122. The summed E-state index contributed by atoms with van der Waals surface area (Å²) in [6.45, 7) is 8.05. The molecule has 2 N–H and O–H groups in total. The zero-order valence-electron chi connectivity index (χ0n) is 13.0. The summed E-state index contributed by atoms with van der Waals surface area (Å²) >= 11 is 0. The van der Waals surface area contributed by atoms with Gasteiger partial charge in [-0.05, 0) is 36.8 Å². The van der Waals surface area contributed by atoms with E-state index in [1.165, 1.54) is 5.56 Å². The van der Waals surface area contributed by atoms with E-state index in [0.717, 1.165) is 12.0 Å². The second-order valence-corrected chi connectivity index (χ2v) is 5.77. The number of benzene rings is 1. The van der Waals surface area contributed by atoms with Gasteiger partial charge in [0.05, 0.1) is 12.1 Å². The molecule has 0 spiro atoms. The van der Waals surface area contributed by atoms with E-state index >= 15 is 0 Å². The highest BCUT2D eigenvalue weighted by atomic mass is 16.3. The molecule has 2 unspecified atom stereocenters. The third-order valence-corrected chi connectivity index (χ3v) is 3.52. The molecule has 20 heavy (non-hydrogen) atoms. The van der Waals surface area contributed by atoms with Gasteiger partial charge in [0.2, 0.25) is 5.91 Å². The summed E-state index contributed by atoms with van der Waals surface area (Å²) in [6.07, 6.45) is 1.47. The molecule has 3 heteroatoms. The van der Waals surface area contributed by atoms with Gasteiger partial charge in [-0.15, -0.1) is 0 Å². The molecule has 0 saturated carbocycles. The average molecular weight is 277 g/mol. The molecule has 0 fully saturated rings. The second kappa shape index (κ2) is 8.05. The lowest BCUT2D eigenvalue weighted by atomic mass is 9.94. The van der Waals surface area contributed by atoms with Crippen molar-refractivity contribution in [1.29, 1.82) is 0 Å². The van der Waals surface area contributed by atoms with Crippen LogP contribution in [-0.2, 0) is 11.2 Å². The minimum Gasteiger partial charge on any atom is -0.393 e. The van der Waals surface area contributed by atoms with Gasteiger partial charge in [0.25, 0.3) is 0 Å². The first-order valence-corrected chi connectivity index (χ1v) is 7.50. The molecule has 1 rings (SSSR count). The first-order chi connectivity index (χ1) is 9.43. The van der Waals surface area contributed by atoms with Crippen molar-refractivity contribution in [3.63, 3.8) is 0 Å². The van der Waals surface area contributed by atoms with Crippen molar-refractivity contribution in [3.05, 3.63) is 35.4 Å². The van der Waals surface area contributed by atoms with E-state index in [2.05, 4.69) is 50.4 Å². The maximum absolute atomic E-state index is 11.9. The van der Waals surface area contributed by atoms with E-state index in [0.29, 0.717) is 18.8 Å². The van der Waals surface area contributed by atoms with Gasteiger partial charge in [0.15, 0.2) is 0 Å². The molecule has 1 amide bonds. The molecule has 1 aromatic carbocycles. The maximum atomic E-state index is 11.9. The molecule has 2 atom stereocenters. The van der Waals surface area contributed by atoms with Gasteiger partial charge in [-0.1, -0.05) is 45.0 Å². The number of carbonyl (C=O) groups is 1. The van der Waals surface area contributed by atoms with E-state index in [9.17, 15) is 9.90 Å². The van der Waals surface area contributed by atoms with Crippen molar-refractivity contribution in [2.45, 2.75) is 59.1 Å². The molecule has 0 saturated heterocycles. The van der Waals surface area contributed by atoms with Crippen molar-refractivity contribution in [1.82, 2.24) is 5.32 Å². The molecule has 3 nitrogen and oxygen atoms in total. The predicted octanol–water partition coefficient (Wildman–Crippen LogP) is 3.22. The van der Waals surface area contributed by atoms with Gasteiger partial charge in [0, 0.05) is 6.42 Å². The van der Waals surface area contributed by atoms with Crippen LogP contribution in [0.3, 0.4) is 0 Å². The minimum atomic E-state index is -0.429. The fourth-order valence-electron chi connectivity index (χ4n) is 2.18. The fraction of sp³-hybridized carbons (Fsp3) is 0.588. The largest absolute Gasteiger partial charge is 0.393 e. The van der Waals surface area contributed by atoms with E-state index in [1.54, 1.807) is 6.92 Å². The van der Waals surface area contributed by atoms with Gasteiger partial charge in [-0.2, -0.15) is 0 Å². The monoisotopic (exact) mass is 277 g/mol. The number of aliphatic hydroxyl groups excluding tert-OH is 1. The maximum Gasteiger partial charge on any atom is 0.220 e. The highest BCUT2D eigenvalue weighted by molar-refractivity contribution is 5.76. The average Bonchev–Trinajstić information content (AvgIpc) is 2.42. The second-order valence-electron chi connectivity index (χ2n) is 5.77. The van der Waals surface area contributed by atoms with E-state index in [1.807, 2.05) is 0 Å². The van der Waals surface area contributed by atoms with Crippen LogP contribution in [0.15, 0.2) is 24.3 Å². The molecule has 0 aliphatic carbocycles. The molecule has 0 radical (unpaired) electrons. The molecule has 112 valence electrons. The number of amides is 1. The molecular formula is C17H27NO2. The number of aliphatic hydroxyl groups is 1. The smallest absolute Gasteiger partial charge is 0.220 e. The topological polar surface area (TPSA) is 49.3 Å². The number of hydrogen-bond acceptors (Lipinski definition) is 2. The number of rotatable bonds is 7. The van der Waals surface area contributed by atoms with E-state index in [-0.39, 0.29) is 11.9 Å². The van der Waals surface area contributed by atoms with Crippen LogP contribution in [0.5, 0.6) is 0 Å². The van der Waals surface area contributed by atoms with Crippen LogP contribution in [0.2, 0.25) is 0 Å². The molecule has 0 heterocycles. The Labute approximate surface area is 122 Å². The molecular weight excluding hydrogens is 250 g/mol. The van der Waals surface area contributed by atoms with Crippen LogP contribution >= 0.6 is 0 Å². The lowest BCUT2D eigenvalue weighted by Crippen LogP contribution is -2.32. The molecule has 1 aromatic rings. The fourth-order valence-corrected chi connectivity index (χ4v) is 2.18. The van der Waals surface area contributed by atoms with Crippen molar-refractivity contribution < 1.29 is 9.90 Å². The van der Waals surface area contributed by atoms with Crippen molar-refractivity contribution in [2.24, 2.45) is 5.92 Å². The van der Waals surface area contributed by atoms with Gasteiger partial charge in [-0.25, -0.2) is 0 Å². The first kappa shape index (κ1) is 16.7. The highest BCUT2D eigenvalue weighted by Gasteiger charge is 2.18.